The van der Waals surface area contributed by atoms with Gasteiger partial charge in [-0.05, 0) is 107 Å². The summed E-state index contributed by atoms with van der Waals surface area (Å²) in [6.07, 6.45) is 7.83. The van der Waals surface area contributed by atoms with Gasteiger partial charge < -0.3 is 48.1 Å². The number of halogens is 4. The van der Waals surface area contributed by atoms with Crippen LogP contribution in [0.3, 0.4) is 0 Å². The number of hydrogen-bond donors (Lipinski definition) is 2. The molecule has 0 aliphatic carbocycles. The minimum atomic E-state index is -0.927. The highest BCUT2D eigenvalue weighted by molar-refractivity contribution is 9.10. The van der Waals surface area contributed by atoms with Gasteiger partial charge in [-0.2, -0.15) is 0 Å². The van der Waals surface area contributed by atoms with Crippen LogP contribution in [0.4, 0.5) is 20.4 Å². The molecule has 2 unspecified atom stereocenters. The number of benzene rings is 2. The van der Waals surface area contributed by atoms with Crippen LogP contribution in [0.2, 0.25) is 5.15 Å². The summed E-state index contributed by atoms with van der Waals surface area (Å²) in [5, 5.41) is 27.1. The smallest absolute Gasteiger partial charge is 0.405 e. The first-order valence-corrected chi connectivity index (χ1v) is 28.7. The molecule has 80 heavy (non-hydrogen) atoms. The van der Waals surface area contributed by atoms with Crippen molar-refractivity contribution in [3.63, 3.8) is 0 Å². The maximum Gasteiger partial charge on any atom is 0.488 e. The van der Waals surface area contributed by atoms with E-state index in [9.17, 15) is 19.0 Å². The molecule has 26 heteroatoms. The van der Waals surface area contributed by atoms with Crippen LogP contribution in [0, 0.1) is 11.6 Å². The summed E-state index contributed by atoms with van der Waals surface area (Å²) in [5.41, 5.74) is 1.96. The molecule has 420 valence electrons. The number of aliphatic hydroxyl groups is 2. The van der Waals surface area contributed by atoms with Gasteiger partial charge in [0.2, 0.25) is 0 Å². The van der Waals surface area contributed by atoms with Crippen LogP contribution in [0.5, 0.6) is 0 Å². The predicted octanol–water partition coefficient (Wildman–Crippen LogP) is 10.1. The highest BCUT2D eigenvalue weighted by Crippen LogP contribution is 2.43. The average Bonchev–Trinajstić information content (AvgIpc) is 4.33. The second kappa shape index (κ2) is 25.1. The molecule has 0 spiro atoms. The van der Waals surface area contributed by atoms with E-state index in [-0.39, 0.29) is 33.8 Å². The summed E-state index contributed by atoms with van der Waals surface area (Å²) < 4.78 is 62.6. The second-order valence-electron chi connectivity index (χ2n) is 20.9. The zero-order valence-corrected chi connectivity index (χ0v) is 49.3. The zero-order valence-electron chi connectivity index (χ0n) is 45.3. The maximum atomic E-state index is 14.8. The highest BCUT2D eigenvalue weighted by Gasteiger charge is 2.63. The van der Waals surface area contributed by atoms with Gasteiger partial charge in [-0.25, -0.2) is 48.7 Å². The third kappa shape index (κ3) is 13.5. The molecule has 12 rings (SSSR count). The van der Waals surface area contributed by atoms with Gasteiger partial charge in [-0.1, -0.05) is 23.7 Å². The topological polar surface area (TPSA) is 205 Å². The highest BCUT2D eigenvalue weighted by atomic mass is 79.9. The Morgan fingerprint density at radius 3 is 1.48 bits per heavy atom. The molecule has 0 bridgehead atoms. The number of ether oxygens (including phenoxy) is 2. The fourth-order valence-electron chi connectivity index (χ4n) is 8.60. The summed E-state index contributed by atoms with van der Waals surface area (Å²) in [4.78, 5) is 38.2. The first-order valence-electron chi connectivity index (χ1n) is 25.7. The number of morpholine rings is 2. The molecule has 0 amide bonds. The lowest BCUT2D eigenvalue weighted by Gasteiger charge is -2.32. The number of anilines is 2. The fourth-order valence-corrected chi connectivity index (χ4v) is 10.5. The van der Waals surface area contributed by atoms with Crippen molar-refractivity contribution in [1.29, 1.82) is 0 Å². The molecule has 4 aliphatic rings. The van der Waals surface area contributed by atoms with Crippen molar-refractivity contribution >= 4 is 97.7 Å². The Balaban J connectivity index is 0.000000135. The minimum Gasteiger partial charge on any atom is -0.405 e. The van der Waals surface area contributed by atoms with E-state index in [1.165, 1.54) is 47.5 Å². The van der Waals surface area contributed by atoms with E-state index in [1.807, 2.05) is 67.5 Å². The SMILES string of the molecule is CC1(C)OB(B2OC(C)(C)C(C)(C)O2)OC1(C)C.Clc1ncnc2cc(N3CCOCC3)ncc12.OC(c1ccc(F)c(-c2ncnc3cc(N4CCOCC4)ncc23)c1)c1nccs1.OC(c1ccc(F)c(Br)c1)c1nccs1. The van der Waals surface area contributed by atoms with Gasteiger partial charge in [0.05, 0.1) is 75.4 Å². The van der Waals surface area contributed by atoms with Gasteiger partial charge in [0.15, 0.2) is 0 Å². The second-order valence-corrected chi connectivity index (χ2v) is 24.0. The number of thiazole rings is 2. The number of aliphatic hydroxyl groups excluding tert-OH is 2. The number of nitrogens with zero attached hydrogens (tertiary/aromatic N) is 10. The van der Waals surface area contributed by atoms with E-state index in [1.54, 1.807) is 59.8 Å². The van der Waals surface area contributed by atoms with Crippen molar-refractivity contribution in [2.24, 2.45) is 0 Å². The normalized spacial score (nSPS) is 18.9. The monoisotopic (exact) mass is 1210 g/mol. The standard InChI is InChI=1S/C21H18FN5O2S.C12H24B2O4.C11H11ClN4O.C10H7BrFNOS/c22-16-2-1-13(20(28)21-23-3-8-30-21)9-14(16)19-15-11-24-18(10-17(15)25-12-26-19)27-4-6-29-7-5-27;1-9(2)10(3,4)16-13(15-9)14-17-11(5,6)12(7,8)18-14;12-11-8-6-13-10(5-9(8)14-7-15-11)16-1-3-17-4-2-16;11-7-5-6(1-2-8(7)12)9(14)10-13-3-4-15-10/h1-3,8-12,20,28H,4-7H2;1-8H3;5-7H,1-4H2;1-5,9,14H. The number of fused-ring (bicyclic) bond motifs is 2. The molecule has 6 aromatic heterocycles. The lowest BCUT2D eigenvalue weighted by atomic mass is 9.49. The van der Waals surface area contributed by atoms with Gasteiger partial charge in [0.1, 0.15) is 63.3 Å². The molecule has 0 radical (unpaired) electrons. The summed E-state index contributed by atoms with van der Waals surface area (Å²) in [5.74, 6) is 0.951. The third-order valence-corrected chi connectivity index (χ3v) is 17.2. The lowest BCUT2D eigenvalue weighted by molar-refractivity contribution is 0.00578. The molecule has 2 atom stereocenters. The van der Waals surface area contributed by atoms with Crippen molar-refractivity contribution in [1.82, 2.24) is 39.9 Å². The fraction of sp³-hybridized carbons (Fsp3) is 0.407. The lowest BCUT2D eigenvalue weighted by Crippen LogP contribution is -2.41. The summed E-state index contributed by atoms with van der Waals surface area (Å²) in [6.45, 7) is 22.3. The first kappa shape index (κ1) is 59.3. The van der Waals surface area contributed by atoms with E-state index < -0.39 is 32.0 Å². The Bertz CT molecular complexity index is 3320. The molecule has 0 saturated carbocycles. The van der Waals surface area contributed by atoms with Crippen LogP contribution in [-0.2, 0) is 28.1 Å². The summed E-state index contributed by atoms with van der Waals surface area (Å²) >= 11 is 11.8. The summed E-state index contributed by atoms with van der Waals surface area (Å²) in [7, 11) is -0.952. The molecular formula is C54H60B2BrClF2N10O8S2. The van der Waals surface area contributed by atoms with Crippen molar-refractivity contribution in [3.8, 4) is 11.3 Å². The Morgan fingerprint density at radius 2 is 1.01 bits per heavy atom. The van der Waals surface area contributed by atoms with Crippen LogP contribution in [0.15, 0.2) is 101 Å². The Kier molecular flexibility index (Phi) is 18.6. The predicted molar refractivity (Wildman–Crippen MR) is 310 cm³/mol. The third-order valence-electron chi connectivity index (χ3n) is 14.6. The van der Waals surface area contributed by atoms with Gasteiger partial charge in [0.25, 0.3) is 0 Å². The minimum absolute atomic E-state index is 0.288. The zero-order chi connectivity index (χ0) is 57.0. The maximum absolute atomic E-state index is 14.8. The molecule has 2 N–H and O–H groups in total. The molecule has 4 aliphatic heterocycles. The Labute approximate surface area is 484 Å². The average molecular weight is 1220 g/mol. The van der Waals surface area contributed by atoms with E-state index >= 15 is 0 Å². The molecule has 8 aromatic rings. The molecular weight excluding hydrogens is 1160 g/mol. The molecule has 4 saturated heterocycles. The van der Waals surface area contributed by atoms with E-state index in [0.29, 0.717) is 60.6 Å². The van der Waals surface area contributed by atoms with Crippen LogP contribution < -0.4 is 9.80 Å². The number of rotatable bonds is 8. The largest absolute Gasteiger partial charge is 0.488 e. The molecule has 18 nitrogen and oxygen atoms in total. The summed E-state index contributed by atoms with van der Waals surface area (Å²) in [6, 6.07) is 12.8. The van der Waals surface area contributed by atoms with Crippen molar-refractivity contribution in [2.75, 3.05) is 62.4 Å². The van der Waals surface area contributed by atoms with Crippen LogP contribution in [0.1, 0.15) is 88.7 Å². The Hall–Kier alpha value is -5.28. The van der Waals surface area contributed by atoms with E-state index in [2.05, 4.69) is 65.6 Å². The van der Waals surface area contributed by atoms with Gasteiger partial charge in [-0.3, -0.25) is 0 Å². The molecule has 2 aromatic carbocycles. The molecule has 4 fully saturated rings. The van der Waals surface area contributed by atoms with Crippen LogP contribution >= 0.6 is 50.2 Å². The van der Waals surface area contributed by atoms with E-state index in [4.69, 9.17) is 39.7 Å². The van der Waals surface area contributed by atoms with Gasteiger partial charge in [-0.15, -0.1) is 22.7 Å². The number of pyridine rings is 2. The van der Waals surface area contributed by atoms with Crippen molar-refractivity contribution in [3.05, 3.63) is 139 Å². The van der Waals surface area contributed by atoms with Gasteiger partial charge >= 0.3 is 14.0 Å². The number of aromatic nitrogens is 8. The van der Waals surface area contributed by atoms with Crippen molar-refractivity contribution < 1.29 is 47.1 Å². The number of hydrogen-bond acceptors (Lipinski definition) is 20. The van der Waals surface area contributed by atoms with Crippen LogP contribution in [-0.4, -0.2) is 139 Å². The van der Waals surface area contributed by atoms with Gasteiger partial charge in [0, 0.05) is 84.8 Å². The van der Waals surface area contributed by atoms with E-state index in [0.717, 1.165) is 61.9 Å². The molecule has 10 heterocycles. The Morgan fingerprint density at radius 1 is 0.575 bits per heavy atom. The van der Waals surface area contributed by atoms with Crippen molar-refractivity contribution in [2.45, 2.75) is 90.0 Å². The quantitative estimate of drug-likeness (QED) is 0.107. The van der Waals surface area contributed by atoms with Crippen LogP contribution in [0.25, 0.3) is 33.1 Å². The first-order chi connectivity index (χ1) is 38.1.